The van der Waals surface area contributed by atoms with Crippen LogP contribution in [0.2, 0.25) is 0 Å². The summed E-state index contributed by atoms with van der Waals surface area (Å²) in [5, 5.41) is 3.96. The van der Waals surface area contributed by atoms with Gasteiger partial charge in [0.15, 0.2) is 24.1 Å². The second kappa shape index (κ2) is 12.4. The largest absolute Gasteiger partial charge is 0.495 e. The monoisotopic (exact) mass is 571 g/mol. The van der Waals surface area contributed by atoms with E-state index in [0.717, 1.165) is 6.07 Å². The number of carbonyl (C=O) groups is 4. The van der Waals surface area contributed by atoms with E-state index < -0.39 is 52.6 Å². The van der Waals surface area contributed by atoms with Gasteiger partial charge in [0.25, 0.3) is 17.1 Å². The number of hydrogen-bond acceptors (Lipinski definition) is 7. The van der Waals surface area contributed by atoms with Crippen LogP contribution in [0.3, 0.4) is 0 Å². The number of para-hydroxylation sites is 2. The minimum absolute atomic E-state index is 0.0293. The molecule has 0 spiro atoms. The van der Waals surface area contributed by atoms with Gasteiger partial charge in [-0.05, 0) is 59.8 Å². The molecule has 9 nitrogen and oxygen atoms in total. The normalized spacial score (nSPS) is 13.9. The van der Waals surface area contributed by atoms with Crippen LogP contribution in [-0.4, -0.2) is 48.1 Å². The quantitative estimate of drug-likeness (QED) is 0.280. The molecular weight excluding hydrogens is 551 g/mol. The van der Waals surface area contributed by atoms with Gasteiger partial charge in [0.1, 0.15) is 18.0 Å². The number of halogens is 3. The highest BCUT2D eigenvalue weighted by Crippen LogP contribution is 2.32. The zero-order valence-corrected chi connectivity index (χ0v) is 21.5. The number of rotatable bonds is 9. The standard InChI is InChI=1S/C27H20F3N3O6S/c1-38-20-5-3-2-4-18(20)31-23(35)14-39-16-8-6-15(7-9-16)12-21-26(36)33(27(37)40-21)13-22(34)32-19-11-10-17(28)24(29)25(19)30/h2-12H,13-14H2,1H3,(H,31,35)(H,32,34)/b21-12-. The van der Waals surface area contributed by atoms with Crippen LogP contribution >= 0.6 is 11.8 Å². The van der Waals surface area contributed by atoms with Crippen LogP contribution < -0.4 is 20.1 Å². The molecule has 3 aromatic rings. The topological polar surface area (TPSA) is 114 Å². The van der Waals surface area contributed by atoms with Crippen LogP contribution in [0.15, 0.2) is 65.6 Å². The van der Waals surface area contributed by atoms with Crippen molar-refractivity contribution < 1.29 is 41.8 Å². The minimum Gasteiger partial charge on any atom is -0.495 e. The fourth-order valence-electron chi connectivity index (χ4n) is 3.49. The van der Waals surface area contributed by atoms with Crippen LogP contribution in [0.1, 0.15) is 5.56 Å². The molecule has 1 aliphatic heterocycles. The Bertz CT molecular complexity index is 1510. The van der Waals surface area contributed by atoms with Gasteiger partial charge in [-0.15, -0.1) is 0 Å². The lowest BCUT2D eigenvalue weighted by molar-refractivity contribution is -0.127. The third-order valence-electron chi connectivity index (χ3n) is 5.41. The summed E-state index contributed by atoms with van der Waals surface area (Å²) in [4.78, 5) is 50.1. The maximum Gasteiger partial charge on any atom is 0.294 e. The van der Waals surface area contributed by atoms with E-state index in [4.69, 9.17) is 9.47 Å². The van der Waals surface area contributed by atoms with E-state index in [1.54, 1.807) is 48.5 Å². The lowest BCUT2D eigenvalue weighted by Gasteiger charge is -2.13. The number of imide groups is 1. The molecule has 3 aromatic carbocycles. The van der Waals surface area contributed by atoms with E-state index in [0.29, 0.717) is 45.5 Å². The van der Waals surface area contributed by atoms with Crippen LogP contribution in [0, 0.1) is 17.5 Å². The molecule has 0 aliphatic carbocycles. The first-order valence-corrected chi connectivity index (χ1v) is 12.3. The molecule has 40 heavy (non-hydrogen) atoms. The second-order valence-electron chi connectivity index (χ2n) is 8.15. The summed E-state index contributed by atoms with van der Waals surface area (Å²) < 4.78 is 50.9. The zero-order valence-electron chi connectivity index (χ0n) is 20.7. The van der Waals surface area contributed by atoms with E-state index in [1.165, 1.54) is 13.2 Å². The fraction of sp³-hybridized carbons (Fsp3) is 0.111. The van der Waals surface area contributed by atoms with E-state index in [-0.39, 0.29) is 11.5 Å². The Morgan fingerprint density at radius 1 is 0.900 bits per heavy atom. The molecule has 13 heteroatoms. The van der Waals surface area contributed by atoms with Gasteiger partial charge >= 0.3 is 0 Å². The predicted octanol–water partition coefficient (Wildman–Crippen LogP) is 4.81. The van der Waals surface area contributed by atoms with Crippen molar-refractivity contribution in [2.24, 2.45) is 0 Å². The molecular formula is C27H20F3N3O6S. The van der Waals surface area contributed by atoms with Crippen molar-refractivity contribution >= 4 is 52.2 Å². The van der Waals surface area contributed by atoms with Gasteiger partial charge in [0.05, 0.1) is 23.4 Å². The van der Waals surface area contributed by atoms with Crippen molar-refractivity contribution in [3.8, 4) is 11.5 Å². The minimum atomic E-state index is -1.76. The molecule has 0 unspecified atom stereocenters. The van der Waals surface area contributed by atoms with Gasteiger partial charge in [0, 0.05) is 0 Å². The van der Waals surface area contributed by atoms with Crippen molar-refractivity contribution in [3.05, 3.63) is 88.6 Å². The molecule has 1 aliphatic rings. The predicted molar refractivity (Wildman–Crippen MR) is 141 cm³/mol. The molecule has 0 bridgehead atoms. The van der Waals surface area contributed by atoms with Crippen molar-refractivity contribution in [2.75, 3.05) is 30.9 Å². The average Bonchev–Trinajstić information content (AvgIpc) is 3.20. The van der Waals surface area contributed by atoms with Crippen LogP contribution in [0.5, 0.6) is 11.5 Å². The molecule has 2 N–H and O–H groups in total. The van der Waals surface area contributed by atoms with Gasteiger partial charge in [-0.2, -0.15) is 0 Å². The molecule has 0 atom stereocenters. The number of carbonyl (C=O) groups excluding carboxylic acids is 4. The Labute approximate surface area is 229 Å². The Balaban J connectivity index is 1.32. The number of amides is 4. The molecule has 1 saturated heterocycles. The third kappa shape index (κ3) is 6.61. The van der Waals surface area contributed by atoms with E-state index in [2.05, 4.69) is 5.32 Å². The first kappa shape index (κ1) is 28.2. The molecule has 4 amide bonds. The summed E-state index contributed by atoms with van der Waals surface area (Å²) in [6.07, 6.45) is 1.43. The molecule has 0 aromatic heterocycles. The average molecular weight is 572 g/mol. The van der Waals surface area contributed by atoms with E-state index >= 15 is 0 Å². The molecule has 4 rings (SSSR count). The highest BCUT2D eigenvalue weighted by atomic mass is 32.2. The number of nitrogens with zero attached hydrogens (tertiary/aromatic N) is 1. The van der Waals surface area contributed by atoms with Gasteiger partial charge in [-0.25, -0.2) is 13.2 Å². The number of nitrogens with one attached hydrogen (secondary N) is 2. The van der Waals surface area contributed by atoms with E-state index in [1.807, 2.05) is 5.32 Å². The Morgan fingerprint density at radius 3 is 2.33 bits per heavy atom. The maximum absolute atomic E-state index is 13.8. The first-order valence-electron chi connectivity index (χ1n) is 11.5. The zero-order chi connectivity index (χ0) is 28.8. The van der Waals surface area contributed by atoms with Gasteiger partial charge in [-0.1, -0.05) is 24.3 Å². The first-order chi connectivity index (χ1) is 19.2. The lowest BCUT2D eigenvalue weighted by Crippen LogP contribution is -2.36. The number of methoxy groups -OCH3 is 1. The maximum atomic E-state index is 13.8. The van der Waals surface area contributed by atoms with Crippen LogP contribution in [0.25, 0.3) is 6.08 Å². The van der Waals surface area contributed by atoms with Crippen molar-refractivity contribution in [1.82, 2.24) is 4.90 Å². The Hall–Kier alpha value is -4.78. The van der Waals surface area contributed by atoms with Gasteiger partial charge < -0.3 is 20.1 Å². The van der Waals surface area contributed by atoms with Crippen molar-refractivity contribution in [2.45, 2.75) is 0 Å². The summed E-state index contributed by atoms with van der Waals surface area (Å²) in [6.45, 7) is -1.03. The highest BCUT2D eigenvalue weighted by molar-refractivity contribution is 8.18. The SMILES string of the molecule is COc1ccccc1NC(=O)COc1ccc(/C=C2\SC(=O)N(CC(=O)Nc3ccc(F)c(F)c3F)C2=O)cc1. The fourth-order valence-corrected chi connectivity index (χ4v) is 4.33. The summed E-state index contributed by atoms with van der Waals surface area (Å²) in [5.74, 6) is -6.07. The summed E-state index contributed by atoms with van der Waals surface area (Å²) in [5.41, 5.74) is 0.396. The molecule has 1 heterocycles. The third-order valence-corrected chi connectivity index (χ3v) is 6.32. The molecule has 1 fully saturated rings. The molecule has 0 saturated carbocycles. The molecule has 206 valence electrons. The summed E-state index contributed by atoms with van der Waals surface area (Å²) >= 11 is 0.595. The molecule has 0 radical (unpaired) electrons. The van der Waals surface area contributed by atoms with Crippen molar-refractivity contribution in [1.29, 1.82) is 0 Å². The lowest BCUT2D eigenvalue weighted by atomic mass is 10.2. The van der Waals surface area contributed by atoms with Crippen LogP contribution in [0.4, 0.5) is 29.3 Å². The van der Waals surface area contributed by atoms with Crippen molar-refractivity contribution in [3.63, 3.8) is 0 Å². The smallest absolute Gasteiger partial charge is 0.294 e. The number of anilines is 2. The van der Waals surface area contributed by atoms with Gasteiger partial charge in [-0.3, -0.25) is 24.1 Å². The summed E-state index contributed by atoms with van der Waals surface area (Å²) in [6, 6.07) is 14.7. The number of thioether (sulfide) groups is 1. The summed E-state index contributed by atoms with van der Waals surface area (Å²) in [7, 11) is 1.49. The van der Waals surface area contributed by atoms with Crippen LogP contribution in [-0.2, 0) is 14.4 Å². The second-order valence-corrected chi connectivity index (χ2v) is 9.14. The number of ether oxygens (including phenoxy) is 2. The Morgan fingerprint density at radius 2 is 1.60 bits per heavy atom. The highest BCUT2D eigenvalue weighted by Gasteiger charge is 2.36. The number of hydrogen-bond donors (Lipinski definition) is 2. The van der Waals surface area contributed by atoms with E-state index in [9.17, 15) is 32.3 Å². The Kier molecular flexibility index (Phi) is 8.74. The van der Waals surface area contributed by atoms with Gasteiger partial charge in [0.2, 0.25) is 5.91 Å². The number of benzene rings is 3.